The van der Waals surface area contributed by atoms with Crippen LogP contribution in [0.5, 0.6) is 0 Å². The molecule has 0 amide bonds. The van der Waals surface area contributed by atoms with Crippen LogP contribution in [-0.2, 0) is 0 Å². The van der Waals surface area contributed by atoms with E-state index in [2.05, 4.69) is 6.58 Å². The maximum atomic E-state index is 12.1. The van der Waals surface area contributed by atoms with Crippen LogP contribution in [0.3, 0.4) is 0 Å². The minimum atomic E-state index is -4.33. The Balaban J connectivity index is 0. The van der Waals surface area contributed by atoms with Crippen LogP contribution in [0, 0.1) is 5.92 Å². The predicted octanol–water partition coefficient (Wildman–Crippen LogP) is 5.68. The van der Waals surface area contributed by atoms with Crippen molar-refractivity contribution < 1.29 is 13.2 Å². The summed E-state index contributed by atoms with van der Waals surface area (Å²) in [5.74, 6) is 0.341. The van der Waals surface area contributed by atoms with Gasteiger partial charge in [-0.3, -0.25) is 0 Å². The van der Waals surface area contributed by atoms with E-state index >= 15 is 0 Å². The molecule has 0 fully saturated rings. The van der Waals surface area contributed by atoms with Gasteiger partial charge in [0.2, 0.25) is 0 Å². The number of hydrogen-bond acceptors (Lipinski definition) is 0. The van der Waals surface area contributed by atoms with Crippen molar-refractivity contribution in [3.63, 3.8) is 0 Å². The van der Waals surface area contributed by atoms with E-state index in [1.54, 1.807) is 6.92 Å². The van der Waals surface area contributed by atoms with Crippen LogP contribution in [0.4, 0.5) is 13.2 Å². The summed E-state index contributed by atoms with van der Waals surface area (Å²) in [6.45, 7) is 14.7. The predicted molar refractivity (Wildman–Crippen MR) is 68.9 cm³/mol. The molecule has 0 aromatic carbocycles. The highest BCUT2D eigenvalue weighted by atomic mass is 19.4. The van der Waals surface area contributed by atoms with Crippen molar-refractivity contribution in [1.82, 2.24) is 0 Å². The second kappa shape index (κ2) is 8.15. The number of hydrogen-bond donors (Lipinski definition) is 0. The minimum absolute atomic E-state index is 0.341. The lowest BCUT2D eigenvalue weighted by Gasteiger charge is -2.08. The summed E-state index contributed by atoms with van der Waals surface area (Å²) in [5, 5.41) is 0. The van der Waals surface area contributed by atoms with Crippen molar-refractivity contribution in [1.29, 1.82) is 0 Å². The molecule has 17 heavy (non-hydrogen) atoms. The molecule has 0 aliphatic carbocycles. The Morgan fingerprint density at radius 1 is 1.06 bits per heavy atom. The molecule has 0 radical (unpaired) electrons. The molecule has 100 valence electrons. The van der Waals surface area contributed by atoms with Gasteiger partial charge in [-0.2, -0.15) is 13.2 Å². The quantitative estimate of drug-likeness (QED) is 0.564. The van der Waals surface area contributed by atoms with E-state index in [0.29, 0.717) is 5.92 Å². The topological polar surface area (TPSA) is 0 Å². The van der Waals surface area contributed by atoms with Gasteiger partial charge in [-0.25, -0.2) is 0 Å². The SMILES string of the molecule is C=C(/C=C\C(C)=C(/C)C(C)C)C(F)(F)F.CC. The van der Waals surface area contributed by atoms with Crippen molar-refractivity contribution >= 4 is 0 Å². The Hall–Kier alpha value is -0.990. The highest BCUT2D eigenvalue weighted by Crippen LogP contribution is 2.25. The third kappa shape index (κ3) is 7.83. The number of alkyl halides is 3. The molecule has 0 saturated carbocycles. The average Bonchev–Trinajstić information content (AvgIpc) is 2.25. The van der Waals surface area contributed by atoms with E-state index in [9.17, 15) is 13.2 Å². The molecule has 0 atom stereocenters. The third-order valence-corrected chi connectivity index (χ3v) is 2.39. The highest BCUT2D eigenvalue weighted by molar-refractivity contribution is 5.30. The lowest BCUT2D eigenvalue weighted by molar-refractivity contribution is -0.0878. The van der Waals surface area contributed by atoms with Crippen molar-refractivity contribution in [3.05, 3.63) is 35.5 Å². The van der Waals surface area contributed by atoms with E-state index in [-0.39, 0.29) is 0 Å². The molecular formula is C14H23F3. The fraction of sp³-hybridized carbons (Fsp3) is 0.571. The zero-order chi connectivity index (χ0) is 14.2. The molecule has 0 aromatic heterocycles. The second-order valence-electron chi connectivity index (χ2n) is 3.88. The van der Waals surface area contributed by atoms with Crippen LogP contribution in [-0.4, -0.2) is 6.18 Å². The normalized spacial score (nSPS) is 13.3. The first kappa shape index (κ1) is 18.4. The van der Waals surface area contributed by atoms with Gasteiger partial charge in [-0.15, -0.1) is 0 Å². The molecule has 0 aliphatic heterocycles. The second-order valence-corrected chi connectivity index (χ2v) is 3.88. The van der Waals surface area contributed by atoms with Crippen LogP contribution in [0.1, 0.15) is 41.5 Å². The summed E-state index contributed by atoms with van der Waals surface area (Å²) in [4.78, 5) is 0. The maximum Gasteiger partial charge on any atom is 0.415 e. The first-order valence-corrected chi connectivity index (χ1v) is 5.77. The van der Waals surface area contributed by atoms with Gasteiger partial charge in [0.25, 0.3) is 0 Å². The van der Waals surface area contributed by atoms with Gasteiger partial charge in [0, 0.05) is 5.57 Å². The number of halogens is 3. The van der Waals surface area contributed by atoms with Gasteiger partial charge >= 0.3 is 6.18 Å². The molecule has 0 saturated heterocycles. The van der Waals surface area contributed by atoms with E-state index in [1.807, 2.05) is 34.6 Å². The molecule has 0 bridgehead atoms. The van der Waals surface area contributed by atoms with Crippen LogP contribution in [0.25, 0.3) is 0 Å². The summed E-state index contributed by atoms with van der Waals surface area (Å²) in [6.07, 6.45) is -1.85. The van der Waals surface area contributed by atoms with Crippen molar-refractivity contribution in [3.8, 4) is 0 Å². The van der Waals surface area contributed by atoms with Crippen LogP contribution in [0.15, 0.2) is 35.5 Å². The summed E-state index contributed by atoms with van der Waals surface area (Å²) in [5.41, 5.74) is 1.12. The molecule has 0 aliphatic rings. The molecule has 3 heteroatoms. The zero-order valence-electron chi connectivity index (χ0n) is 11.6. The van der Waals surface area contributed by atoms with E-state index < -0.39 is 11.7 Å². The Labute approximate surface area is 103 Å². The molecule has 0 aromatic rings. The van der Waals surface area contributed by atoms with Gasteiger partial charge in [0.1, 0.15) is 0 Å². The smallest absolute Gasteiger partial charge is 0.166 e. The lowest BCUT2D eigenvalue weighted by Crippen LogP contribution is -2.08. The first-order chi connectivity index (χ1) is 7.66. The molecule has 0 unspecified atom stereocenters. The average molecular weight is 248 g/mol. The Morgan fingerprint density at radius 3 is 1.76 bits per heavy atom. The fourth-order valence-corrected chi connectivity index (χ4v) is 0.907. The van der Waals surface area contributed by atoms with Crippen LogP contribution in [0.2, 0.25) is 0 Å². The van der Waals surface area contributed by atoms with Gasteiger partial charge in [-0.1, -0.05) is 57.6 Å². The minimum Gasteiger partial charge on any atom is -0.166 e. The third-order valence-electron chi connectivity index (χ3n) is 2.39. The zero-order valence-corrected chi connectivity index (χ0v) is 11.6. The summed E-state index contributed by atoms with van der Waals surface area (Å²) < 4.78 is 36.3. The standard InChI is InChI=1S/C12H17F3.C2H6/c1-8(2)11(5)9(3)6-7-10(4)12(13,14)15;1-2/h6-8H,4H2,1-3,5H3;1-2H3/b7-6-,11-9+;. The van der Waals surface area contributed by atoms with Crippen molar-refractivity contribution in [2.24, 2.45) is 5.92 Å². The monoisotopic (exact) mass is 248 g/mol. The van der Waals surface area contributed by atoms with Crippen molar-refractivity contribution in [2.45, 2.75) is 47.7 Å². The lowest BCUT2D eigenvalue weighted by atomic mass is 9.99. The number of allylic oxidation sites excluding steroid dienone is 5. The van der Waals surface area contributed by atoms with E-state index in [4.69, 9.17) is 0 Å². The molecule has 0 spiro atoms. The maximum absolute atomic E-state index is 12.1. The molecule has 0 rings (SSSR count). The first-order valence-electron chi connectivity index (χ1n) is 5.77. The van der Waals surface area contributed by atoms with E-state index in [1.165, 1.54) is 6.08 Å². The van der Waals surface area contributed by atoms with Crippen molar-refractivity contribution in [2.75, 3.05) is 0 Å². The molecule has 0 N–H and O–H groups in total. The van der Waals surface area contributed by atoms with Gasteiger partial charge in [0.15, 0.2) is 0 Å². The van der Waals surface area contributed by atoms with Gasteiger partial charge < -0.3 is 0 Å². The fourth-order valence-electron chi connectivity index (χ4n) is 0.907. The summed E-state index contributed by atoms with van der Waals surface area (Å²) >= 11 is 0. The molecule has 0 heterocycles. The molecular weight excluding hydrogens is 225 g/mol. The largest absolute Gasteiger partial charge is 0.415 e. The van der Waals surface area contributed by atoms with E-state index in [0.717, 1.165) is 17.2 Å². The van der Waals surface area contributed by atoms with Crippen LogP contribution >= 0.6 is 0 Å². The highest BCUT2D eigenvalue weighted by Gasteiger charge is 2.29. The Kier molecular flexibility index (Phi) is 8.81. The Morgan fingerprint density at radius 2 is 1.47 bits per heavy atom. The molecule has 0 nitrogen and oxygen atoms in total. The Bertz CT molecular complexity index is 291. The summed E-state index contributed by atoms with van der Waals surface area (Å²) in [7, 11) is 0. The van der Waals surface area contributed by atoms with Gasteiger partial charge in [0.05, 0.1) is 0 Å². The van der Waals surface area contributed by atoms with Crippen LogP contribution < -0.4 is 0 Å². The number of rotatable bonds is 3. The summed E-state index contributed by atoms with van der Waals surface area (Å²) in [6, 6.07) is 0. The van der Waals surface area contributed by atoms with Gasteiger partial charge in [-0.05, 0) is 19.8 Å².